The second-order valence-electron chi connectivity index (χ2n) is 6.62. The maximum absolute atomic E-state index is 5.83. The average molecular weight is 263 g/mol. The fourth-order valence-electron chi connectivity index (χ4n) is 3.90. The summed E-state index contributed by atoms with van der Waals surface area (Å²) >= 11 is 0. The Hall–Kier alpha value is -0.870. The van der Waals surface area contributed by atoms with Gasteiger partial charge in [0, 0.05) is 29.7 Å². The van der Waals surface area contributed by atoms with Crippen LogP contribution in [-0.2, 0) is 11.2 Å². The van der Waals surface area contributed by atoms with Gasteiger partial charge in [-0.1, -0.05) is 13.8 Å². The molecule has 2 aliphatic rings. The quantitative estimate of drug-likeness (QED) is 0.799. The molecule has 0 radical (unpaired) electrons. The van der Waals surface area contributed by atoms with E-state index < -0.39 is 0 Å². The van der Waals surface area contributed by atoms with Crippen molar-refractivity contribution in [3.8, 4) is 0 Å². The van der Waals surface area contributed by atoms with Crippen LogP contribution in [0.2, 0.25) is 0 Å². The first-order valence-corrected chi connectivity index (χ1v) is 7.44. The van der Waals surface area contributed by atoms with Crippen molar-refractivity contribution >= 4 is 0 Å². The molecule has 1 aliphatic carbocycles. The fourth-order valence-corrected chi connectivity index (χ4v) is 3.90. The summed E-state index contributed by atoms with van der Waals surface area (Å²) < 4.78 is 5.83. The maximum atomic E-state index is 5.83. The van der Waals surface area contributed by atoms with E-state index in [-0.39, 0.29) is 0 Å². The van der Waals surface area contributed by atoms with Gasteiger partial charge in [-0.3, -0.25) is 5.10 Å². The number of fused-ring (bicyclic) bond motifs is 1. The Morgan fingerprint density at radius 2 is 2.37 bits per heavy atom. The van der Waals surface area contributed by atoms with Gasteiger partial charge in [0.1, 0.15) is 0 Å². The molecule has 1 aromatic rings. The van der Waals surface area contributed by atoms with Gasteiger partial charge in [0.05, 0.1) is 12.3 Å². The van der Waals surface area contributed by atoms with E-state index in [9.17, 15) is 0 Å². The normalized spacial score (nSPS) is 32.1. The number of hydrogen-bond donors (Lipinski definition) is 2. The van der Waals surface area contributed by atoms with Gasteiger partial charge in [-0.05, 0) is 38.3 Å². The predicted octanol–water partition coefficient (Wildman–Crippen LogP) is 2.05. The Morgan fingerprint density at radius 1 is 1.53 bits per heavy atom. The van der Waals surface area contributed by atoms with Crippen LogP contribution in [0.3, 0.4) is 0 Å². The summed E-state index contributed by atoms with van der Waals surface area (Å²) in [4.78, 5) is 0. The lowest BCUT2D eigenvalue weighted by atomic mass is 9.57. The Balaban J connectivity index is 1.44. The molecule has 3 rings (SSSR count). The lowest BCUT2D eigenvalue weighted by Crippen LogP contribution is -2.65. The van der Waals surface area contributed by atoms with Crippen LogP contribution in [0.25, 0.3) is 0 Å². The highest BCUT2D eigenvalue weighted by atomic mass is 16.5. The summed E-state index contributed by atoms with van der Waals surface area (Å²) in [5, 5.41) is 10.8. The van der Waals surface area contributed by atoms with Gasteiger partial charge in [-0.2, -0.15) is 5.10 Å². The van der Waals surface area contributed by atoms with Gasteiger partial charge in [0.2, 0.25) is 0 Å². The van der Waals surface area contributed by atoms with Gasteiger partial charge in [0.25, 0.3) is 0 Å². The maximum Gasteiger partial charge on any atom is 0.0685 e. The number of nitrogens with one attached hydrogen (secondary N) is 2. The molecule has 1 aliphatic heterocycles. The minimum Gasteiger partial charge on any atom is -0.377 e. The molecule has 4 nitrogen and oxygen atoms in total. The van der Waals surface area contributed by atoms with E-state index in [2.05, 4.69) is 36.3 Å². The zero-order valence-electron chi connectivity index (χ0n) is 12.2. The molecule has 3 unspecified atom stereocenters. The minimum absolute atomic E-state index is 0.298. The minimum atomic E-state index is 0.298. The zero-order chi connectivity index (χ0) is 13.5. The summed E-state index contributed by atoms with van der Waals surface area (Å²) in [6, 6.07) is 0.630. The van der Waals surface area contributed by atoms with Crippen LogP contribution < -0.4 is 5.32 Å². The molecule has 3 atom stereocenters. The van der Waals surface area contributed by atoms with Crippen LogP contribution >= 0.6 is 0 Å². The third-order valence-electron chi connectivity index (χ3n) is 5.02. The standard InChI is InChI=1S/C15H25N3O/c1-10-11(9-17-18-10)5-4-7-16-13-12-6-8-19-14(12)15(13,2)3/h9,12-14,16H,4-8H2,1-3H3,(H,17,18). The topological polar surface area (TPSA) is 49.9 Å². The highest BCUT2D eigenvalue weighted by Gasteiger charge is 2.58. The van der Waals surface area contributed by atoms with Gasteiger partial charge in [-0.15, -0.1) is 0 Å². The Bertz CT molecular complexity index is 440. The van der Waals surface area contributed by atoms with Crippen molar-refractivity contribution in [3.63, 3.8) is 0 Å². The largest absolute Gasteiger partial charge is 0.377 e. The van der Waals surface area contributed by atoms with E-state index in [0.29, 0.717) is 17.6 Å². The van der Waals surface area contributed by atoms with Crippen LogP contribution in [0, 0.1) is 18.3 Å². The number of nitrogens with zero attached hydrogens (tertiary/aromatic N) is 1. The molecule has 4 heteroatoms. The molecule has 0 amide bonds. The SMILES string of the molecule is Cc1[nH]ncc1CCCNC1C2CCOC2C1(C)C. The summed E-state index contributed by atoms with van der Waals surface area (Å²) in [7, 11) is 0. The van der Waals surface area contributed by atoms with E-state index in [4.69, 9.17) is 4.74 Å². The number of aryl methyl sites for hydroxylation is 2. The van der Waals surface area contributed by atoms with Crippen LogP contribution in [0.15, 0.2) is 6.20 Å². The summed E-state index contributed by atoms with van der Waals surface area (Å²) in [6.45, 7) is 8.78. The smallest absolute Gasteiger partial charge is 0.0685 e. The number of hydrogen-bond acceptors (Lipinski definition) is 3. The molecule has 1 saturated heterocycles. The van der Waals surface area contributed by atoms with Gasteiger partial charge >= 0.3 is 0 Å². The second kappa shape index (κ2) is 4.91. The average Bonchev–Trinajstić information content (AvgIpc) is 2.97. The molecule has 2 fully saturated rings. The number of aromatic nitrogens is 2. The van der Waals surface area contributed by atoms with E-state index >= 15 is 0 Å². The Labute approximate surface area is 115 Å². The first kappa shape index (κ1) is 13.1. The molecule has 0 aromatic carbocycles. The fraction of sp³-hybridized carbons (Fsp3) is 0.800. The Kier molecular flexibility index (Phi) is 3.39. The van der Waals surface area contributed by atoms with E-state index in [1.807, 2.05) is 6.20 Å². The third kappa shape index (κ3) is 2.21. The summed E-state index contributed by atoms with van der Waals surface area (Å²) in [5.74, 6) is 0.741. The van der Waals surface area contributed by atoms with E-state index in [0.717, 1.165) is 25.5 Å². The molecule has 2 N–H and O–H groups in total. The number of aromatic amines is 1. The molecule has 1 saturated carbocycles. The molecule has 0 bridgehead atoms. The molecule has 106 valence electrons. The lowest BCUT2D eigenvalue weighted by Gasteiger charge is -2.55. The lowest BCUT2D eigenvalue weighted by molar-refractivity contribution is -0.112. The third-order valence-corrected chi connectivity index (χ3v) is 5.02. The van der Waals surface area contributed by atoms with Crippen molar-refractivity contribution in [2.75, 3.05) is 13.2 Å². The van der Waals surface area contributed by atoms with Crippen molar-refractivity contribution in [1.82, 2.24) is 15.5 Å². The number of rotatable bonds is 5. The van der Waals surface area contributed by atoms with Crippen LogP contribution in [0.5, 0.6) is 0 Å². The summed E-state index contributed by atoms with van der Waals surface area (Å²) in [5.41, 5.74) is 2.84. The van der Waals surface area contributed by atoms with Gasteiger partial charge < -0.3 is 10.1 Å². The number of H-pyrrole nitrogens is 1. The van der Waals surface area contributed by atoms with Crippen molar-refractivity contribution < 1.29 is 4.74 Å². The van der Waals surface area contributed by atoms with E-state index in [1.54, 1.807) is 0 Å². The molecule has 1 aromatic heterocycles. The van der Waals surface area contributed by atoms with Crippen molar-refractivity contribution in [1.29, 1.82) is 0 Å². The molecule has 19 heavy (non-hydrogen) atoms. The van der Waals surface area contributed by atoms with Crippen molar-refractivity contribution in [2.24, 2.45) is 11.3 Å². The summed E-state index contributed by atoms with van der Waals surface area (Å²) in [6.07, 6.45) is 5.94. The predicted molar refractivity (Wildman–Crippen MR) is 75.1 cm³/mol. The van der Waals surface area contributed by atoms with Crippen LogP contribution in [0.4, 0.5) is 0 Å². The molecular formula is C15H25N3O. The van der Waals surface area contributed by atoms with Gasteiger partial charge in [0.15, 0.2) is 0 Å². The van der Waals surface area contributed by atoms with Crippen LogP contribution in [0.1, 0.15) is 37.9 Å². The molecule has 2 heterocycles. The second-order valence-corrected chi connectivity index (χ2v) is 6.62. The highest BCUT2D eigenvalue weighted by Crippen LogP contribution is 2.51. The van der Waals surface area contributed by atoms with Crippen molar-refractivity contribution in [3.05, 3.63) is 17.5 Å². The highest BCUT2D eigenvalue weighted by molar-refractivity contribution is 5.14. The first-order valence-electron chi connectivity index (χ1n) is 7.44. The van der Waals surface area contributed by atoms with E-state index in [1.165, 1.54) is 24.1 Å². The van der Waals surface area contributed by atoms with Gasteiger partial charge in [-0.25, -0.2) is 0 Å². The Morgan fingerprint density at radius 3 is 3.11 bits per heavy atom. The molecular weight excluding hydrogens is 238 g/mol. The van der Waals surface area contributed by atoms with Crippen molar-refractivity contribution in [2.45, 2.75) is 52.2 Å². The number of ether oxygens (including phenoxy) is 1. The zero-order valence-corrected chi connectivity index (χ0v) is 12.2. The van der Waals surface area contributed by atoms with Crippen LogP contribution in [-0.4, -0.2) is 35.5 Å². The molecule has 0 spiro atoms. The first-order chi connectivity index (χ1) is 9.10. The monoisotopic (exact) mass is 263 g/mol.